The standard InChI is InChI=1S/C14H26BrNO2/c1-11-6-5-7-14(8-11,10-15)16-12(17)9-18-13(2,3)4/h11H,5-10H2,1-4H3,(H,16,17). The van der Waals surface area contributed by atoms with Crippen LogP contribution in [0.2, 0.25) is 0 Å². The molecule has 1 rings (SSSR count). The molecule has 0 heterocycles. The molecule has 0 bridgehead atoms. The first-order valence-corrected chi connectivity index (χ1v) is 7.89. The Morgan fingerprint density at radius 3 is 2.67 bits per heavy atom. The largest absolute Gasteiger partial charge is 0.366 e. The highest BCUT2D eigenvalue weighted by atomic mass is 79.9. The molecule has 0 spiro atoms. The summed E-state index contributed by atoms with van der Waals surface area (Å²) in [5, 5.41) is 4.00. The number of amides is 1. The lowest BCUT2D eigenvalue weighted by molar-refractivity contribution is -0.132. The summed E-state index contributed by atoms with van der Waals surface area (Å²) in [6, 6.07) is 0. The Bertz CT molecular complexity index is 288. The zero-order valence-electron chi connectivity index (χ0n) is 12.0. The molecule has 0 aliphatic heterocycles. The molecule has 18 heavy (non-hydrogen) atoms. The van der Waals surface area contributed by atoms with E-state index < -0.39 is 0 Å². The van der Waals surface area contributed by atoms with Crippen molar-refractivity contribution in [2.24, 2.45) is 5.92 Å². The van der Waals surface area contributed by atoms with Gasteiger partial charge in [0.15, 0.2) is 0 Å². The third-order valence-corrected chi connectivity index (χ3v) is 4.46. The van der Waals surface area contributed by atoms with E-state index in [1.165, 1.54) is 12.8 Å². The third-order valence-electron chi connectivity index (χ3n) is 3.39. The van der Waals surface area contributed by atoms with E-state index in [2.05, 4.69) is 28.2 Å². The Morgan fingerprint density at radius 2 is 2.17 bits per heavy atom. The van der Waals surface area contributed by atoms with Crippen LogP contribution in [0.5, 0.6) is 0 Å². The first kappa shape index (κ1) is 16.0. The smallest absolute Gasteiger partial charge is 0.246 e. The number of hydrogen-bond acceptors (Lipinski definition) is 2. The highest BCUT2D eigenvalue weighted by Crippen LogP contribution is 2.33. The number of rotatable bonds is 4. The second-order valence-corrected chi connectivity index (χ2v) is 7.13. The fraction of sp³-hybridized carbons (Fsp3) is 0.929. The van der Waals surface area contributed by atoms with Gasteiger partial charge >= 0.3 is 0 Å². The normalized spacial score (nSPS) is 29.1. The fourth-order valence-electron chi connectivity index (χ4n) is 2.54. The molecule has 1 fully saturated rings. The second-order valence-electron chi connectivity index (χ2n) is 6.56. The monoisotopic (exact) mass is 319 g/mol. The Hall–Kier alpha value is -0.0900. The van der Waals surface area contributed by atoms with Gasteiger partial charge in [0.05, 0.1) is 11.1 Å². The van der Waals surface area contributed by atoms with Crippen LogP contribution in [0.3, 0.4) is 0 Å². The van der Waals surface area contributed by atoms with Gasteiger partial charge in [0.1, 0.15) is 6.61 Å². The number of carbonyl (C=O) groups is 1. The number of halogens is 1. The van der Waals surface area contributed by atoms with Crippen LogP contribution in [0.15, 0.2) is 0 Å². The quantitative estimate of drug-likeness (QED) is 0.808. The summed E-state index contributed by atoms with van der Waals surface area (Å²) in [4.78, 5) is 12.0. The Balaban J connectivity index is 2.49. The van der Waals surface area contributed by atoms with E-state index in [1.54, 1.807) is 0 Å². The molecule has 1 saturated carbocycles. The maximum Gasteiger partial charge on any atom is 0.246 e. The molecule has 106 valence electrons. The van der Waals surface area contributed by atoms with Crippen molar-refractivity contribution in [1.82, 2.24) is 5.32 Å². The molecule has 0 saturated heterocycles. The van der Waals surface area contributed by atoms with E-state index >= 15 is 0 Å². The molecule has 0 aromatic rings. The first-order valence-electron chi connectivity index (χ1n) is 6.77. The van der Waals surface area contributed by atoms with Crippen molar-refractivity contribution in [3.63, 3.8) is 0 Å². The van der Waals surface area contributed by atoms with Crippen LogP contribution in [0.4, 0.5) is 0 Å². The van der Waals surface area contributed by atoms with Gasteiger partial charge in [0.2, 0.25) is 5.91 Å². The lowest BCUT2D eigenvalue weighted by atomic mass is 9.77. The number of alkyl halides is 1. The lowest BCUT2D eigenvalue weighted by Gasteiger charge is -2.39. The van der Waals surface area contributed by atoms with Crippen molar-refractivity contribution >= 4 is 21.8 Å². The van der Waals surface area contributed by atoms with E-state index in [0.717, 1.165) is 18.2 Å². The Kier molecular flexibility index (Phi) is 5.66. The van der Waals surface area contributed by atoms with Crippen molar-refractivity contribution < 1.29 is 9.53 Å². The molecular weight excluding hydrogens is 294 g/mol. The Labute approximate surface area is 119 Å². The fourth-order valence-corrected chi connectivity index (χ4v) is 3.19. The highest BCUT2D eigenvalue weighted by Gasteiger charge is 2.35. The van der Waals surface area contributed by atoms with Crippen LogP contribution in [0.25, 0.3) is 0 Å². The van der Waals surface area contributed by atoms with Gasteiger partial charge in [0, 0.05) is 5.33 Å². The molecule has 1 amide bonds. The molecule has 1 aliphatic rings. The summed E-state index contributed by atoms with van der Waals surface area (Å²) >= 11 is 3.56. The highest BCUT2D eigenvalue weighted by molar-refractivity contribution is 9.09. The predicted molar refractivity (Wildman–Crippen MR) is 78.0 cm³/mol. The molecule has 0 aromatic heterocycles. The van der Waals surface area contributed by atoms with Gasteiger partial charge in [-0.3, -0.25) is 4.79 Å². The summed E-state index contributed by atoms with van der Waals surface area (Å²) in [5.74, 6) is 0.679. The third kappa shape index (κ3) is 5.27. The average molecular weight is 320 g/mol. The van der Waals surface area contributed by atoms with E-state index in [9.17, 15) is 4.79 Å². The van der Waals surface area contributed by atoms with Gasteiger partial charge in [-0.15, -0.1) is 0 Å². The number of ether oxygens (including phenoxy) is 1. The summed E-state index contributed by atoms with van der Waals surface area (Å²) in [7, 11) is 0. The maximum atomic E-state index is 12.0. The summed E-state index contributed by atoms with van der Waals surface area (Å²) in [6.07, 6.45) is 4.57. The van der Waals surface area contributed by atoms with Crippen LogP contribution in [-0.4, -0.2) is 29.0 Å². The average Bonchev–Trinajstić information content (AvgIpc) is 2.25. The van der Waals surface area contributed by atoms with E-state index in [4.69, 9.17) is 4.74 Å². The summed E-state index contributed by atoms with van der Waals surface area (Å²) in [5.41, 5.74) is -0.339. The van der Waals surface area contributed by atoms with Crippen LogP contribution in [0.1, 0.15) is 53.4 Å². The lowest BCUT2D eigenvalue weighted by Crippen LogP contribution is -2.53. The SMILES string of the molecule is CC1CCCC(CBr)(NC(=O)COC(C)(C)C)C1. The van der Waals surface area contributed by atoms with Crippen molar-refractivity contribution in [2.45, 2.75) is 64.5 Å². The van der Waals surface area contributed by atoms with Gasteiger partial charge in [-0.2, -0.15) is 0 Å². The number of nitrogens with one attached hydrogen (secondary N) is 1. The minimum atomic E-state index is -0.265. The zero-order valence-corrected chi connectivity index (χ0v) is 13.6. The first-order chi connectivity index (χ1) is 8.26. The number of carbonyl (C=O) groups excluding carboxylic acids is 1. The van der Waals surface area contributed by atoms with Crippen LogP contribution < -0.4 is 5.32 Å². The maximum absolute atomic E-state index is 12.0. The van der Waals surface area contributed by atoms with Crippen molar-refractivity contribution in [1.29, 1.82) is 0 Å². The van der Waals surface area contributed by atoms with E-state index in [1.807, 2.05) is 20.8 Å². The van der Waals surface area contributed by atoms with Crippen molar-refractivity contribution in [2.75, 3.05) is 11.9 Å². The van der Waals surface area contributed by atoms with E-state index in [0.29, 0.717) is 5.92 Å². The zero-order chi connectivity index (χ0) is 13.8. The Morgan fingerprint density at radius 1 is 1.50 bits per heavy atom. The van der Waals surface area contributed by atoms with Crippen LogP contribution >= 0.6 is 15.9 Å². The van der Waals surface area contributed by atoms with Crippen LogP contribution in [-0.2, 0) is 9.53 Å². The molecule has 4 heteroatoms. The van der Waals surface area contributed by atoms with Crippen molar-refractivity contribution in [3.05, 3.63) is 0 Å². The molecule has 1 aliphatic carbocycles. The number of hydrogen-bond donors (Lipinski definition) is 1. The molecule has 2 unspecified atom stereocenters. The van der Waals surface area contributed by atoms with Crippen molar-refractivity contribution in [3.8, 4) is 0 Å². The molecule has 3 nitrogen and oxygen atoms in total. The molecule has 0 radical (unpaired) electrons. The predicted octanol–water partition coefficient (Wildman–Crippen LogP) is 3.26. The molecular formula is C14H26BrNO2. The van der Waals surface area contributed by atoms with Crippen LogP contribution in [0, 0.1) is 5.92 Å². The van der Waals surface area contributed by atoms with Gasteiger partial charge in [0.25, 0.3) is 0 Å². The molecule has 2 atom stereocenters. The van der Waals surface area contributed by atoms with Gasteiger partial charge < -0.3 is 10.1 Å². The van der Waals surface area contributed by atoms with Gasteiger partial charge in [-0.05, 0) is 39.5 Å². The second kappa shape index (κ2) is 6.38. The molecule has 1 N–H and O–H groups in total. The molecule has 0 aromatic carbocycles. The van der Waals surface area contributed by atoms with Gasteiger partial charge in [-0.25, -0.2) is 0 Å². The minimum Gasteiger partial charge on any atom is -0.366 e. The minimum absolute atomic E-state index is 0.00141. The topological polar surface area (TPSA) is 38.3 Å². The van der Waals surface area contributed by atoms with E-state index in [-0.39, 0.29) is 23.7 Å². The summed E-state index contributed by atoms with van der Waals surface area (Å²) in [6.45, 7) is 8.29. The van der Waals surface area contributed by atoms with Gasteiger partial charge in [-0.1, -0.05) is 35.7 Å². The summed E-state index contributed by atoms with van der Waals surface area (Å²) < 4.78 is 5.52.